The summed E-state index contributed by atoms with van der Waals surface area (Å²) >= 11 is 0. The highest BCUT2D eigenvalue weighted by molar-refractivity contribution is 5.88. The molecule has 2 aromatic carbocycles. The minimum Gasteiger partial charge on any atom is -0.508 e. The summed E-state index contributed by atoms with van der Waals surface area (Å²) in [5.74, 6) is -3.96. The van der Waals surface area contributed by atoms with Crippen LogP contribution in [0.5, 0.6) is 34.5 Å². The molecular formula is C28H32O17. The Labute approximate surface area is 252 Å². The number of aliphatic hydroxyl groups is 6. The second-order valence-corrected chi connectivity index (χ2v) is 10.6. The lowest BCUT2D eigenvalue weighted by Gasteiger charge is -2.42. The molecule has 3 heterocycles. The van der Waals surface area contributed by atoms with Gasteiger partial charge in [-0.3, -0.25) is 4.79 Å². The Morgan fingerprint density at radius 3 is 2.13 bits per heavy atom. The Hall–Kier alpha value is -3.91. The van der Waals surface area contributed by atoms with Crippen LogP contribution in [0.15, 0.2) is 33.5 Å². The van der Waals surface area contributed by atoms with Crippen LogP contribution >= 0.6 is 0 Å². The van der Waals surface area contributed by atoms with Gasteiger partial charge in [-0.25, -0.2) is 0 Å². The van der Waals surface area contributed by atoms with E-state index in [9.17, 15) is 55.9 Å². The van der Waals surface area contributed by atoms with Crippen molar-refractivity contribution in [2.45, 2.75) is 68.3 Å². The highest BCUT2D eigenvalue weighted by atomic mass is 16.7. The van der Waals surface area contributed by atoms with Gasteiger partial charge in [-0.1, -0.05) is 0 Å². The molecule has 0 saturated carbocycles. The van der Waals surface area contributed by atoms with Crippen LogP contribution in [0.4, 0.5) is 0 Å². The normalized spacial score (nSPS) is 32.0. The molecule has 3 aromatic rings. The summed E-state index contributed by atoms with van der Waals surface area (Å²) in [6, 6.07) is 4.01. The lowest BCUT2D eigenvalue weighted by atomic mass is 9.98. The third-order valence-electron chi connectivity index (χ3n) is 7.59. The molecule has 10 N–H and O–H groups in total. The van der Waals surface area contributed by atoms with E-state index < -0.39 is 113 Å². The number of methoxy groups -OCH3 is 1. The average molecular weight is 641 g/mol. The third-order valence-corrected chi connectivity index (χ3v) is 7.59. The molecule has 2 fully saturated rings. The number of rotatable bonds is 7. The van der Waals surface area contributed by atoms with Gasteiger partial charge in [0.2, 0.25) is 23.2 Å². The first kappa shape index (κ1) is 32.5. The number of phenolic OH excluding ortho intramolecular Hbond substituents is 4. The number of ether oxygens (including phenoxy) is 5. The number of benzene rings is 2. The molecule has 45 heavy (non-hydrogen) atoms. The third kappa shape index (κ3) is 5.92. The fraction of sp³-hybridized carbons (Fsp3) is 0.464. The number of fused-ring (bicyclic) bond motifs is 1. The number of hydrogen-bond acceptors (Lipinski definition) is 17. The maximum atomic E-state index is 13.7. The summed E-state index contributed by atoms with van der Waals surface area (Å²) in [5.41, 5.74) is -1.51. The molecule has 10 atom stereocenters. The predicted molar refractivity (Wildman–Crippen MR) is 147 cm³/mol. The van der Waals surface area contributed by atoms with Gasteiger partial charge in [-0.15, -0.1) is 0 Å². The second-order valence-electron chi connectivity index (χ2n) is 10.6. The van der Waals surface area contributed by atoms with E-state index >= 15 is 0 Å². The molecule has 0 aliphatic carbocycles. The second kappa shape index (κ2) is 12.5. The summed E-state index contributed by atoms with van der Waals surface area (Å²) in [6.07, 6.45) is -16.3. The minimum atomic E-state index is -2.00. The van der Waals surface area contributed by atoms with E-state index in [0.29, 0.717) is 0 Å². The van der Waals surface area contributed by atoms with E-state index in [1.807, 2.05) is 0 Å². The van der Waals surface area contributed by atoms with Gasteiger partial charge in [-0.2, -0.15) is 0 Å². The van der Waals surface area contributed by atoms with Crippen molar-refractivity contribution in [2.24, 2.45) is 0 Å². The molecule has 17 heteroatoms. The Balaban J connectivity index is 1.51. The fourth-order valence-corrected chi connectivity index (χ4v) is 5.05. The van der Waals surface area contributed by atoms with E-state index in [2.05, 4.69) is 0 Å². The van der Waals surface area contributed by atoms with Crippen molar-refractivity contribution in [3.63, 3.8) is 0 Å². The summed E-state index contributed by atoms with van der Waals surface area (Å²) < 4.78 is 33.0. The van der Waals surface area contributed by atoms with Crippen LogP contribution in [0.2, 0.25) is 0 Å². The van der Waals surface area contributed by atoms with E-state index in [-0.39, 0.29) is 16.9 Å². The average Bonchev–Trinajstić information content (AvgIpc) is 2.99. The number of phenols is 4. The largest absolute Gasteiger partial charge is 0.508 e. The molecular weight excluding hydrogens is 608 g/mol. The van der Waals surface area contributed by atoms with Crippen molar-refractivity contribution in [3.05, 3.63) is 34.5 Å². The Bertz CT molecular complexity index is 1610. The van der Waals surface area contributed by atoms with Gasteiger partial charge in [0.05, 0.1) is 19.8 Å². The van der Waals surface area contributed by atoms with E-state index in [0.717, 1.165) is 24.3 Å². The molecule has 0 unspecified atom stereocenters. The molecule has 0 amide bonds. The monoisotopic (exact) mass is 640 g/mol. The first-order valence-corrected chi connectivity index (χ1v) is 13.5. The van der Waals surface area contributed by atoms with Crippen LogP contribution in [-0.4, -0.2) is 126 Å². The van der Waals surface area contributed by atoms with Crippen LogP contribution in [-0.2, 0) is 14.2 Å². The quantitative estimate of drug-likeness (QED) is 0.129. The van der Waals surface area contributed by atoms with Gasteiger partial charge in [0.25, 0.3) is 0 Å². The van der Waals surface area contributed by atoms with Crippen LogP contribution < -0.4 is 14.9 Å². The van der Waals surface area contributed by atoms with Gasteiger partial charge in [0.15, 0.2) is 23.5 Å². The Morgan fingerprint density at radius 2 is 1.44 bits per heavy atom. The molecule has 17 nitrogen and oxygen atoms in total. The zero-order chi connectivity index (χ0) is 32.9. The number of aliphatic hydroxyl groups excluding tert-OH is 6. The molecule has 0 radical (unpaired) electrons. The maximum absolute atomic E-state index is 13.7. The fourth-order valence-electron chi connectivity index (χ4n) is 5.05. The highest BCUT2D eigenvalue weighted by Gasteiger charge is 2.48. The van der Waals surface area contributed by atoms with Gasteiger partial charge >= 0.3 is 0 Å². The van der Waals surface area contributed by atoms with Crippen molar-refractivity contribution in [3.8, 4) is 45.8 Å². The van der Waals surface area contributed by atoms with Crippen LogP contribution in [0.25, 0.3) is 22.3 Å². The molecule has 5 rings (SSSR count). The lowest BCUT2D eigenvalue weighted by molar-refractivity contribution is -0.318. The molecule has 1 aromatic heterocycles. The van der Waals surface area contributed by atoms with Crippen molar-refractivity contribution in [1.29, 1.82) is 0 Å². The predicted octanol–water partition coefficient (Wildman–Crippen LogP) is -1.68. The maximum Gasteiger partial charge on any atom is 0.239 e. The van der Waals surface area contributed by atoms with Crippen molar-refractivity contribution in [1.82, 2.24) is 0 Å². The van der Waals surface area contributed by atoms with Crippen molar-refractivity contribution < 1.29 is 79.2 Å². The van der Waals surface area contributed by atoms with Crippen LogP contribution in [0.3, 0.4) is 0 Å². The van der Waals surface area contributed by atoms with Crippen molar-refractivity contribution in [2.75, 3.05) is 13.7 Å². The van der Waals surface area contributed by atoms with Gasteiger partial charge < -0.3 is 79.2 Å². The standard InChI is InChI=1S/C28H32O17/c1-8-17(32)21(36)23(38)27(42-8)41-7-15-19(34)22(37)24(39)28(44-15)45-26-20(35)16-11(30)5-10(29)6-13(16)43-25(26)9-3-12(31)18(33)14(4-9)40-2/h3-6,8,15,17,19,21-24,27-34,36-39H,7H2,1-2H3/t8-,15+,17+,19-,21+,22+,23-,24-,27-,28-/m1/s1. The molecule has 0 spiro atoms. The number of aromatic hydroxyl groups is 4. The lowest BCUT2D eigenvalue weighted by Crippen LogP contribution is -2.61. The van der Waals surface area contributed by atoms with Crippen molar-refractivity contribution >= 4 is 11.0 Å². The minimum absolute atomic E-state index is 0.122. The summed E-state index contributed by atoms with van der Waals surface area (Å²) in [7, 11) is 1.18. The topological polar surface area (TPSA) is 279 Å². The number of hydrogen-bond donors (Lipinski definition) is 10. The van der Waals surface area contributed by atoms with Gasteiger partial charge in [0.1, 0.15) is 65.2 Å². The first-order chi connectivity index (χ1) is 21.2. The summed E-state index contributed by atoms with van der Waals surface area (Å²) in [6.45, 7) is 0.797. The molecule has 246 valence electrons. The summed E-state index contributed by atoms with van der Waals surface area (Å²) in [5, 5.41) is 102. The van der Waals surface area contributed by atoms with Crippen LogP contribution in [0.1, 0.15) is 6.92 Å². The first-order valence-electron chi connectivity index (χ1n) is 13.5. The molecule has 2 aliphatic heterocycles. The van der Waals surface area contributed by atoms with Gasteiger partial charge in [0, 0.05) is 17.7 Å². The van der Waals surface area contributed by atoms with E-state index in [1.54, 1.807) is 0 Å². The molecule has 0 bridgehead atoms. The smallest absolute Gasteiger partial charge is 0.239 e. The Morgan fingerprint density at radius 1 is 0.778 bits per heavy atom. The van der Waals surface area contributed by atoms with Gasteiger partial charge in [-0.05, 0) is 19.1 Å². The highest BCUT2D eigenvalue weighted by Crippen LogP contribution is 2.43. The van der Waals surface area contributed by atoms with Crippen LogP contribution in [0, 0.1) is 0 Å². The zero-order valence-electron chi connectivity index (χ0n) is 23.6. The van der Waals surface area contributed by atoms with E-state index in [1.165, 1.54) is 14.0 Å². The summed E-state index contributed by atoms with van der Waals surface area (Å²) in [4.78, 5) is 13.7. The molecule has 2 saturated heterocycles. The molecule has 2 aliphatic rings. The zero-order valence-corrected chi connectivity index (χ0v) is 23.6. The Kier molecular flexibility index (Phi) is 9.00. The SMILES string of the molecule is COc1cc(-c2oc3cc(O)cc(O)c3c(=O)c2O[C@H]2O[C@@H](CO[C@@H]3O[C@H](C)[C@H](O)[C@H](O)[C@H]3O)[C@@H](O)[C@H](O)[C@H]2O)cc(O)c1O. The van der Waals surface area contributed by atoms with E-state index in [4.69, 9.17) is 28.1 Å².